The summed E-state index contributed by atoms with van der Waals surface area (Å²) in [5, 5.41) is 0. The lowest BCUT2D eigenvalue weighted by Gasteiger charge is -2.15. The van der Waals surface area contributed by atoms with Crippen molar-refractivity contribution < 1.29 is 0 Å². The van der Waals surface area contributed by atoms with E-state index >= 15 is 0 Å². The zero-order valence-corrected chi connectivity index (χ0v) is 13.1. The third-order valence-electron chi connectivity index (χ3n) is 4.91. The van der Waals surface area contributed by atoms with Gasteiger partial charge in [-0.05, 0) is 47.4 Å². The topological polar surface area (TPSA) is 0 Å². The summed E-state index contributed by atoms with van der Waals surface area (Å²) in [6.45, 7) is 2.21. The highest BCUT2D eigenvalue weighted by Gasteiger charge is 2.14. The predicted molar refractivity (Wildman–Crippen MR) is 91.7 cm³/mol. The van der Waals surface area contributed by atoms with E-state index in [1.807, 2.05) is 0 Å². The lowest BCUT2D eigenvalue weighted by atomic mass is 9.89. The molecule has 0 bridgehead atoms. The summed E-state index contributed by atoms with van der Waals surface area (Å²) in [5.41, 5.74) is 5.69. The SMILES string of the molecule is CCc1ccc(-c2cccc(C3CCCCCC3)c2)cc1. The van der Waals surface area contributed by atoms with Gasteiger partial charge in [-0.15, -0.1) is 0 Å². The summed E-state index contributed by atoms with van der Waals surface area (Å²) in [7, 11) is 0. The van der Waals surface area contributed by atoms with Crippen LogP contribution in [0.25, 0.3) is 11.1 Å². The van der Waals surface area contributed by atoms with Gasteiger partial charge in [-0.2, -0.15) is 0 Å². The van der Waals surface area contributed by atoms with Crippen LogP contribution in [0, 0.1) is 0 Å². The van der Waals surface area contributed by atoms with Crippen LogP contribution in [0.4, 0.5) is 0 Å². The third kappa shape index (κ3) is 3.56. The van der Waals surface area contributed by atoms with Gasteiger partial charge in [-0.25, -0.2) is 0 Å². The highest BCUT2D eigenvalue weighted by molar-refractivity contribution is 5.64. The standard InChI is InChI=1S/C21H26/c1-2-17-12-14-19(15-13-17)21-11-7-10-20(16-21)18-8-5-3-4-6-9-18/h7,10-16,18H,2-6,8-9H2,1H3. The van der Waals surface area contributed by atoms with E-state index in [1.54, 1.807) is 5.56 Å². The Hall–Kier alpha value is -1.56. The number of aryl methyl sites for hydroxylation is 1. The Morgan fingerprint density at radius 1 is 0.810 bits per heavy atom. The van der Waals surface area contributed by atoms with Gasteiger partial charge in [0.1, 0.15) is 0 Å². The first-order chi connectivity index (χ1) is 10.4. The maximum absolute atomic E-state index is 2.43. The number of hydrogen-bond acceptors (Lipinski definition) is 0. The van der Waals surface area contributed by atoms with Crippen LogP contribution in [0.5, 0.6) is 0 Å². The van der Waals surface area contributed by atoms with E-state index < -0.39 is 0 Å². The molecule has 1 aliphatic carbocycles. The molecule has 1 saturated carbocycles. The van der Waals surface area contributed by atoms with Crippen LogP contribution in [-0.4, -0.2) is 0 Å². The molecule has 3 rings (SSSR count). The van der Waals surface area contributed by atoms with Gasteiger partial charge < -0.3 is 0 Å². The Balaban J connectivity index is 1.84. The molecule has 21 heavy (non-hydrogen) atoms. The molecule has 0 heteroatoms. The van der Waals surface area contributed by atoms with E-state index in [-0.39, 0.29) is 0 Å². The van der Waals surface area contributed by atoms with Crippen LogP contribution in [-0.2, 0) is 6.42 Å². The smallest absolute Gasteiger partial charge is 0.0162 e. The molecular weight excluding hydrogens is 252 g/mol. The Labute approximate surface area is 129 Å². The normalized spacial score (nSPS) is 16.6. The molecule has 0 saturated heterocycles. The fraction of sp³-hybridized carbons (Fsp3) is 0.429. The minimum Gasteiger partial charge on any atom is -0.0614 e. The van der Waals surface area contributed by atoms with E-state index in [4.69, 9.17) is 0 Å². The molecule has 0 radical (unpaired) electrons. The van der Waals surface area contributed by atoms with Crippen molar-refractivity contribution in [3.05, 3.63) is 59.7 Å². The van der Waals surface area contributed by atoms with Gasteiger partial charge >= 0.3 is 0 Å². The molecule has 0 heterocycles. The maximum atomic E-state index is 2.43. The van der Waals surface area contributed by atoms with Gasteiger partial charge in [0.05, 0.1) is 0 Å². The van der Waals surface area contributed by atoms with Crippen molar-refractivity contribution in [2.24, 2.45) is 0 Å². The van der Waals surface area contributed by atoms with E-state index in [9.17, 15) is 0 Å². The van der Waals surface area contributed by atoms with Crippen LogP contribution in [0.2, 0.25) is 0 Å². The van der Waals surface area contributed by atoms with Crippen LogP contribution in [0.15, 0.2) is 48.5 Å². The van der Waals surface area contributed by atoms with Crippen LogP contribution < -0.4 is 0 Å². The van der Waals surface area contributed by atoms with Crippen molar-refractivity contribution in [3.63, 3.8) is 0 Å². The van der Waals surface area contributed by atoms with Gasteiger partial charge in [-0.1, -0.05) is 81.1 Å². The van der Waals surface area contributed by atoms with Crippen molar-refractivity contribution in [3.8, 4) is 11.1 Å². The van der Waals surface area contributed by atoms with Crippen LogP contribution in [0.1, 0.15) is 62.5 Å². The predicted octanol–water partition coefficient (Wildman–Crippen LogP) is 6.35. The first kappa shape index (κ1) is 14.4. The fourth-order valence-electron chi connectivity index (χ4n) is 3.52. The van der Waals surface area contributed by atoms with Crippen LogP contribution >= 0.6 is 0 Å². The molecule has 0 unspecified atom stereocenters. The Morgan fingerprint density at radius 2 is 1.52 bits per heavy atom. The first-order valence-corrected chi connectivity index (χ1v) is 8.56. The van der Waals surface area contributed by atoms with Crippen LogP contribution in [0.3, 0.4) is 0 Å². The van der Waals surface area contributed by atoms with E-state index in [1.165, 1.54) is 55.2 Å². The minimum absolute atomic E-state index is 0.780. The van der Waals surface area contributed by atoms with Gasteiger partial charge in [-0.3, -0.25) is 0 Å². The molecule has 0 aliphatic heterocycles. The molecule has 0 aromatic heterocycles. The Morgan fingerprint density at radius 3 is 2.19 bits per heavy atom. The Kier molecular flexibility index (Phi) is 4.75. The van der Waals surface area contributed by atoms with Gasteiger partial charge in [0.2, 0.25) is 0 Å². The third-order valence-corrected chi connectivity index (χ3v) is 4.91. The zero-order chi connectivity index (χ0) is 14.5. The average molecular weight is 278 g/mol. The van der Waals surface area contributed by atoms with Crippen molar-refractivity contribution in [1.29, 1.82) is 0 Å². The number of hydrogen-bond donors (Lipinski definition) is 0. The average Bonchev–Trinajstić information content (AvgIpc) is 2.84. The fourth-order valence-corrected chi connectivity index (χ4v) is 3.52. The monoisotopic (exact) mass is 278 g/mol. The largest absolute Gasteiger partial charge is 0.0614 e. The molecule has 0 atom stereocenters. The molecule has 2 aromatic carbocycles. The molecule has 1 fully saturated rings. The summed E-state index contributed by atoms with van der Waals surface area (Å²) in [6, 6.07) is 18.3. The minimum atomic E-state index is 0.780. The molecule has 0 amide bonds. The summed E-state index contributed by atoms with van der Waals surface area (Å²) in [6.07, 6.45) is 9.52. The van der Waals surface area contributed by atoms with Crippen molar-refractivity contribution in [2.45, 2.75) is 57.8 Å². The second-order valence-electron chi connectivity index (χ2n) is 6.36. The van der Waals surface area contributed by atoms with Crippen molar-refractivity contribution in [2.75, 3.05) is 0 Å². The molecule has 110 valence electrons. The summed E-state index contributed by atoms with van der Waals surface area (Å²) in [4.78, 5) is 0. The van der Waals surface area contributed by atoms with Gasteiger partial charge in [0.25, 0.3) is 0 Å². The molecular formula is C21H26. The maximum Gasteiger partial charge on any atom is -0.0162 e. The zero-order valence-electron chi connectivity index (χ0n) is 13.1. The second kappa shape index (κ2) is 6.93. The molecule has 1 aliphatic rings. The second-order valence-corrected chi connectivity index (χ2v) is 6.36. The molecule has 0 spiro atoms. The Bertz CT molecular complexity index is 557. The highest BCUT2D eigenvalue weighted by Crippen LogP contribution is 2.33. The first-order valence-electron chi connectivity index (χ1n) is 8.56. The number of rotatable bonds is 3. The lowest BCUT2D eigenvalue weighted by Crippen LogP contribution is -1.97. The molecule has 0 nitrogen and oxygen atoms in total. The van der Waals surface area contributed by atoms with E-state index in [0.29, 0.717) is 0 Å². The molecule has 2 aromatic rings. The van der Waals surface area contributed by atoms with Crippen molar-refractivity contribution >= 4 is 0 Å². The number of benzene rings is 2. The summed E-state index contributed by atoms with van der Waals surface area (Å²) >= 11 is 0. The lowest BCUT2D eigenvalue weighted by molar-refractivity contribution is 0.593. The van der Waals surface area contributed by atoms with Crippen molar-refractivity contribution in [1.82, 2.24) is 0 Å². The van der Waals surface area contributed by atoms with Gasteiger partial charge in [0.15, 0.2) is 0 Å². The highest BCUT2D eigenvalue weighted by atomic mass is 14.2. The summed E-state index contributed by atoms with van der Waals surface area (Å²) in [5.74, 6) is 0.780. The summed E-state index contributed by atoms with van der Waals surface area (Å²) < 4.78 is 0. The quantitative estimate of drug-likeness (QED) is 0.573. The van der Waals surface area contributed by atoms with Gasteiger partial charge in [0, 0.05) is 0 Å². The van der Waals surface area contributed by atoms with E-state index in [0.717, 1.165) is 12.3 Å². The van der Waals surface area contributed by atoms with E-state index in [2.05, 4.69) is 55.5 Å². The molecule has 0 N–H and O–H groups in total.